The van der Waals surface area contributed by atoms with Crippen LogP contribution in [-0.4, -0.2) is 32.6 Å². The van der Waals surface area contributed by atoms with E-state index in [2.05, 4.69) is 5.32 Å². The van der Waals surface area contributed by atoms with Gasteiger partial charge in [0, 0.05) is 12.6 Å². The first-order chi connectivity index (χ1) is 9.01. The zero-order chi connectivity index (χ0) is 14.0. The molecule has 7 heteroatoms. The van der Waals surface area contributed by atoms with Crippen molar-refractivity contribution in [1.82, 2.24) is 9.88 Å². The molecule has 1 heterocycles. The molecule has 7 nitrogen and oxygen atoms in total. The van der Waals surface area contributed by atoms with Crippen LogP contribution in [0.3, 0.4) is 0 Å². The van der Waals surface area contributed by atoms with Crippen LogP contribution < -0.4 is 5.32 Å². The number of hydrogen-bond acceptors (Lipinski definition) is 4. The predicted molar refractivity (Wildman–Crippen MR) is 67.9 cm³/mol. The van der Waals surface area contributed by atoms with E-state index in [0.29, 0.717) is 6.54 Å². The summed E-state index contributed by atoms with van der Waals surface area (Å²) in [6, 6.07) is 1.27. The highest BCUT2D eigenvalue weighted by molar-refractivity contribution is 5.94. The summed E-state index contributed by atoms with van der Waals surface area (Å²) in [6.45, 7) is 2.18. The number of nitro groups is 1. The van der Waals surface area contributed by atoms with E-state index in [1.54, 1.807) is 0 Å². The Hall–Kier alpha value is -1.89. The molecule has 0 spiro atoms. The second-order valence-electron chi connectivity index (χ2n) is 4.87. The molecule has 1 fully saturated rings. The van der Waals surface area contributed by atoms with E-state index in [0.717, 1.165) is 19.3 Å². The standard InChI is InChI=1S/C12H17N3O4/c1-2-14-7-9(15(18)19)6-10(14)11(17)13-12(8-16)4-3-5-12/h6-7,16H,2-5,8H2,1H3,(H,13,17). The molecule has 2 N–H and O–H groups in total. The Kier molecular flexibility index (Phi) is 3.57. The number of rotatable bonds is 5. The number of aryl methyl sites for hydroxylation is 1. The number of hydrogen-bond donors (Lipinski definition) is 2. The summed E-state index contributed by atoms with van der Waals surface area (Å²) in [4.78, 5) is 22.4. The quantitative estimate of drug-likeness (QED) is 0.615. The summed E-state index contributed by atoms with van der Waals surface area (Å²) in [5, 5.41) is 22.8. The molecule has 1 saturated carbocycles. The van der Waals surface area contributed by atoms with Crippen molar-refractivity contribution in [2.75, 3.05) is 6.61 Å². The van der Waals surface area contributed by atoms with Crippen LogP contribution in [0.1, 0.15) is 36.7 Å². The Bertz CT molecular complexity index is 500. The minimum absolute atomic E-state index is 0.0985. The van der Waals surface area contributed by atoms with E-state index in [4.69, 9.17) is 0 Å². The van der Waals surface area contributed by atoms with Crippen molar-refractivity contribution in [3.8, 4) is 0 Å². The molecule has 104 valence electrons. The van der Waals surface area contributed by atoms with E-state index in [1.807, 2.05) is 6.92 Å². The monoisotopic (exact) mass is 267 g/mol. The topological polar surface area (TPSA) is 97.4 Å². The summed E-state index contributed by atoms with van der Waals surface area (Å²) >= 11 is 0. The molecule has 0 aromatic carbocycles. The van der Waals surface area contributed by atoms with Gasteiger partial charge in [-0.2, -0.15) is 0 Å². The third-order valence-corrected chi connectivity index (χ3v) is 3.66. The minimum atomic E-state index is -0.547. The summed E-state index contributed by atoms with van der Waals surface area (Å²) in [5.74, 6) is -0.372. The lowest BCUT2D eigenvalue weighted by molar-refractivity contribution is -0.384. The fourth-order valence-electron chi connectivity index (χ4n) is 2.28. The van der Waals surface area contributed by atoms with Crippen molar-refractivity contribution in [3.63, 3.8) is 0 Å². The van der Waals surface area contributed by atoms with Crippen LogP contribution in [0.5, 0.6) is 0 Å². The average molecular weight is 267 g/mol. The number of carbonyl (C=O) groups excluding carboxylic acids is 1. The van der Waals surface area contributed by atoms with Crippen LogP contribution in [0, 0.1) is 10.1 Å². The van der Waals surface area contributed by atoms with Crippen molar-refractivity contribution in [1.29, 1.82) is 0 Å². The SMILES string of the molecule is CCn1cc([N+](=O)[O-])cc1C(=O)NC1(CO)CCC1. The van der Waals surface area contributed by atoms with E-state index in [1.165, 1.54) is 16.8 Å². The van der Waals surface area contributed by atoms with E-state index < -0.39 is 10.5 Å². The lowest BCUT2D eigenvalue weighted by Crippen LogP contribution is -2.56. The van der Waals surface area contributed by atoms with Crippen molar-refractivity contribution >= 4 is 11.6 Å². The maximum absolute atomic E-state index is 12.2. The van der Waals surface area contributed by atoms with Crippen LogP contribution in [-0.2, 0) is 6.54 Å². The third-order valence-electron chi connectivity index (χ3n) is 3.66. The summed E-state index contributed by atoms with van der Waals surface area (Å²) in [5.41, 5.74) is -0.387. The lowest BCUT2D eigenvalue weighted by atomic mass is 9.77. The summed E-state index contributed by atoms with van der Waals surface area (Å²) in [7, 11) is 0. The van der Waals surface area contributed by atoms with E-state index in [9.17, 15) is 20.0 Å². The second-order valence-corrected chi connectivity index (χ2v) is 4.87. The maximum atomic E-state index is 12.2. The zero-order valence-corrected chi connectivity index (χ0v) is 10.8. The zero-order valence-electron chi connectivity index (χ0n) is 10.8. The molecule has 0 aliphatic heterocycles. The van der Waals surface area contributed by atoms with Gasteiger partial charge in [0.2, 0.25) is 0 Å². The molecule has 1 aromatic rings. The van der Waals surface area contributed by atoms with Crippen molar-refractivity contribution in [2.45, 2.75) is 38.3 Å². The van der Waals surface area contributed by atoms with Gasteiger partial charge in [0.05, 0.1) is 23.3 Å². The van der Waals surface area contributed by atoms with Gasteiger partial charge in [-0.15, -0.1) is 0 Å². The number of aliphatic hydroxyl groups is 1. The normalized spacial score (nSPS) is 16.7. The highest BCUT2D eigenvalue weighted by atomic mass is 16.6. The first kappa shape index (κ1) is 13.5. The average Bonchev–Trinajstić information content (AvgIpc) is 2.77. The molecule has 1 aliphatic rings. The Labute approximate surface area is 110 Å². The van der Waals surface area contributed by atoms with Gasteiger partial charge in [-0.1, -0.05) is 0 Å². The molecule has 0 atom stereocenters. The molecule has 1 aliphatic carbocycles. The van der Waals surface area contributed by atoms with Crippen molar-refractivity contribution < 1.29 is 14.8 Å². The summed E-state index contributed by atoms with van der Waals surface area (Å²) < 4.78 is 1.54. The number of aromatic nitrogens is 1. The first-order valence-electron chi connectivity index (χ1n) is 6.29. The largest absolute Gasteiger partial charge is 0.394 e. The number of carbonyl (C=O) groups is 1. The van der Waals surface area contributed by atoms with Gasteiger partial charge < -0.3 is 15.0 Å². The Morgan fingerprint density at radius 2 is 2.32 bits per heavy atom. The number of amides is 1. The molecule has 0 unspecified atom stereocenters. The molecule has 0 bridgehead atoms. The number of nitrogens with zero attached hydrogens (tertiary/aromatic N) is 2. The second kappa shape index (κ2) is 5.00. The molecule has 1 aromatic heterocycles. The Balaban J connectivity index is 2.20. The molecule has 19 heavy (non-hydrogen) atoms. The highest BCUT2D eigenvalue weighted by Gasteiger charge is 2.38. The van der Waals surface area contributed by atoms with Gasteiger partial charge in [-0.3, -0.25) is 14.9 Å². The van der Waals surface area contributed by atoms with Crippen molar-refractivity contribution in [3.05, 3.63) is 28.1 Å². The van der Waals surface area contributed by atoms with Gasteiger partial charge in [0.1, 0.15) is 5.69 Å². The molecule has 1 amide bonds. The lowest BCUT2D eigenvalue weighted by Gasteiger charge is -2.40. The molecule has 0 radical (unpaired) electrons. The van der Waals surface area contributed by atoms with Crippen molar-refractivity contribution in [2.24, 2.45) is 0 Å². The van der Waals surface area contributed by atoms with Gasteiger partial charge >= 0.3 is 0 Å². The Morgan fingerprint density at radius 1 is 1.63 bits per heavy atom. The van der Waals surface area contributed by atoms with E-state index in [-0.39, 0.29) is 23.9 Å². The fourth-order valence-corrected chi connectivity index (χ4v) is 2.28. The van der Waals surface area contributed by atoms with Crippen LogP contribution >= 0.6 is 0 Å². The number of nitrogens with one attached hydrogen (secondary N) is 1. The van der Waals surface area contributed by atoms with Crippen LogP contribution in [0.2, 0.25) is 0 Å². The van der Waals surface area contributed by atoms with Crippen LogP contribution in [0.25, 0.3) is 0 Å². The first-order valence-corrected chi connectivity index (χ1v) is 6.29. The third kappa shape index (κ3) is 2.46. The molecular weight excluding hydrogens is 250 g/mol. The van der Waals surface area contributed by atoms with Crippen LogP contribution in [0.4, 0.5) is 5.69 Å². The molecule has 2 rings (SSSR count). The maximum Gasteiger partial charge on any atom is 0.287 e. The predicted octanol–water partition coefficient (Wildman–Crippen LogP) is 1.06. The fraction of sp³-hybridized carbons (Fsp3) is 0.583. The van der Waals surface area contributed by atoms with Crippen LogP contribution in [0.15, 0.2) is 12.3 Å². The highest BCUT2D eigenvalue weighted by Crippen LogP contribution is 2.31. The summed E-state index contributed by atoms with van der Waals surface area (Å²) in [6.07, 6.45) is 3.80. The van der Waals surface area contributed by atoms with Gasteiger partial charge in [-0.25, -0.2) is 0 Å². The molecular formula is C12H17N3O4. The minimum Gasteiger partial charge on any atom is -0.394 e. The molecule has 0 saturated heterocycles. The van der Waals surface area contributed by atoms with Gasteiger partial charge in [0.15, 0.2) is 0 Å². The smallest absolute Gasteiger partial charge is 0.287 e. The number of aliphatic hydroxyl groups excluding tert-OH is 1. The van der Waals surface area contributed by atoms with Gasteiger partial charge in [-0.05, 0) is 26.2 Å². The van der Waals surface area contributed by atoms with Gasteiger partial charge in [0.25, 0.3) is 11.6 Å². The Morgan fingerprint density at radius 3 is 2.74 bits per heavy atom. The van der Waals surface area contributed by atoms with E-state index >= 15 is 0 Å².